The molecule has 1 aliphatic carbocycles. The first-order chi connectivity index (χ1) is 16.2. The molecule has 1 N–H and O–H groups in total. The van der Waals surface area contributed by atoms with Crippen LogP contribution in [-0.2, 0) is 19.5 Å². The van der Waals surface area contributed by atoms with Crippen molar-refractivity contribution in [2.24, 2.45) is 0 Å². The number of methoxy groups -OCH3 is 1. The van der Waals surface area contributed by atoms with Crippen LogP contribution in [0.1, 0.15) is 54.3 Å². The molecule has 0 amide bonds. The summed E-state index contributed by atoms with van der Waals surface area (Å²) in [5, 5.41) is 0. The van der Waals surface area contributed by atoms with Gasteiger partial charge >= 0.3 is 0 Å². The van der Waals surface area contributed by atoms with Gasteiger partial charge in [0.1, 0.15) is 5.82 Å². The zero-order valence-electron chi connectivity index (χ0n) is 20.1. The first kappa shape index (κ1) is 26.5. The Hall–Kier alpha value is -2.07. The van der Waals surface area contributed by atoms with Gasteiger partial charge in [0.25, 0.3) is 5.56 Å². The summed E-state index contributed by atoms with van der Waals surface area (Å²) in [6.07, 6.45) is 5.20. The Morgan fingerprint density at radius 1 is 1.18 bits per heavy atom. The second-order valence-electron chi connectivity index (χ2n) is 9.09. The third-order valence-corrected chi connectivity index (χ3v) is 7.68. The molecule has 1 fully saturated rings. The summed E-state index contributed by atoms with van der Waals surface area (Å²) in [5.41, 5.74) is 2.37. The van der Waals surface area contributed by atoms with Gasteiger partial charge in [-0.25, -0.2) is 17.5 Å². The number of aryl methyl sites for hydroxylation is 2. The second-order valence-corrected chi connectivity index (χ2v) is 11.0. The first-order valence-electron chi connectivity index (χ1n) is 11.7. The quantitative estimate of drug-likeness (QED) is 0.517. The van der Waals surface area contributed by atoms with Crippen LogP contribution >= 0.6 is 0 Å². The van der Waals surface area contributed by atoms with Gasteiger partial charge in [-0.05, 0) is 74.8 Å². The lowest BCUT2D eigenvalue weighted by Gasteiger charge is -2.30. The van der Waals surface area contributed by atoms with Crippen LogP contribution in [0, 0.1) is 19.7 Å². The van der Waals surface area contributed by atoms with Gasteiger partial charge in [0, 0.05) is 25.4 Å². The SMILES string of the molecule is COCCS(=O)(=O)NCC(COC1CCC(c2cccc(F)c2)CC1)n1cc(C)cc(C)c1=O. The molecule has 1 saturated carbocycles. The number of rotatable bonds is 11. The maximum atomic E-state index is 13.6. The molecule has 188 valence electrons. The van der Waals surface area contributed by atoms with Gasteiger partial charge in [0.2, 0.25) is 10.0 Å². The molecule has 7 nitrogen and oxygen atoms in total. The lowest BCUT2D eigenvalue weighted by Crippen LogP contribution is -2.39. The Balaban J connectivity index is 1.65. The Bertz CT molecular complexity index is 1110. The molecular weight excluding hydrogens is 459 g/mol. The molecule has 1 aromatic heterocycles. The van der Waals surface area contributed by atoms with Crippen molar-refractivity contribution in [1.29, 1.82) is 0 Å². The summed E-state index contributed by atoms with van der Waals surface area (Å²) in [4.78, 5) is 12.8. The fourth-order valence-corrected chi connectivity index (χ4v) is 5.47. The van der Waals surface area contributed by atoms with Crippen LogP contribution in [-0.4, -0.2) is 51.7 Å². The van der Waals surface area contributed by atoms with Crippen LogP contribution in [0.4, 0.5) is 4.39 Å². The fraction of sp³-hybridized carbons (Fsp3) is 0.560. The van der Waals surface area contributed by atoms with E-state index >= 15 is 0 Å². The molecular formula is C25H35FN2O5S. The van der Waals surface area contributed by atoms with Crippen LogP contribution in [0.2, 0.25) is 0 Å². The van der Waals surface area contributed by atoms with Gasteiger partial charge in [0.15, 0.2) is 0 Å². The van der Waals surface area contributed by atoms with Gasteiger partial charge < -0.3 is 14.0 Å². The van der Waals surface area contributed by atoms with Crippen LogP contribution in [0.5, 0.6) is 0 Å². The number of pyridine rings is 1. The normalized spacial score (nSPS) is 19.8. The van der Waals surface area contributed by atoms with E-state index < -0.39 is 16.1 Å². The third-order valence-electron chi connectivity index (χ3n) is 6.37. The maximum absolute atomic E-state index is 13.6. The summed E-state index contributed by atoms with van der Waals surface area (Å²) >= 11 is 0. The van der Waals surface area contributed by atoms with Crippen LogP contribution in [0.15, 0.2) is 41.3 Å². The van der Waals surface area contributed by atoms with E-state index in [0.29, 0.717) is 11.5 Å². The monoisotopic (exact) mass is 494 g/mol. The zero-order chi connectivity index (χ0) is 24.7. The number of hydrogen-bond donors (Lipinski definition) is 1. The highest BCUT2D eigenvalue weighted by atomic mass is 32.2. The number of halogens is 1. The van der Waals surface area contributed by atoms with E-state index in [-0.39, 0.29) is 43.0 Å². The van der Waals surface area contributed by atoms with Crippen molar-refractivity contribution in [3.8, 4) is 0 Å². The second kappa shape index (κ2) is 12.1. The number of nitrogens with zero attached hydrogens (tertiary/aromatic N) is 1. The van der Waals surface area contributed by atoms with Crippen molar-refractivity contribution < 1.29 is 22.3 Å². The van der Waals surface area contributed by atoms with Crippen molar-refractivity contribution in [3.05, 3.63) is 69.4 Å². The fourth-order valence-electron chi connectivity index (χ4n) is 4.49. The molecule has 0 aliphatic heterocycles. The summed E-state index contributed by atoms with van der Waals surface area (Å²) in [6.45, 7) is 4.00. The molecule has 0 radical (unpaired) electrons. The average molecular weight is 495 g/mol. The van der Waals surface area contributed by atoms with E-state index in [1.807, 2.05) is 19.1 Å². The Kier molecular flexibility index (Phi) is 9.41. The summed E-state index contributed by atoms with van der Waals surface area (Å²) in [7, 11) is -2.09. The molecule has 1 atom stereocenters. The minimum Gasteiger partial charge on any atom is -0.384 e. The van der Waals surface area contributed by atoms with Crippen molar-refractivity contribution in [3.63, 3.8) is 0 Å². The van der Waals surface area contributed by atoms with Crippen molar-refractivity contribution in [2.75, 3.05) is 32.6 Å². The van der Waals surface area contributed by atoms with E-state index in [1.54, 1.807) is 29.8 Å². The van der Waals surface area contributed by atoms with Gasteiger partial charge in [-0.3, -0.25) is 4.79 Å². The van der Waals surface area contributed by atoms with Crippen molar-refractivity contribution >= 4 is 10.0 Å². The minimum atomic E-state index is -3.54. The van der Waals surface area contributed by atoms with Crippen LogP contribution < -0.4 is 10.3 Å². The predicted octanol–water partition coefficient (Wildman–Crippen LogP) is 3.45. The standard InChI is InChI=1S/C25H35FN2O5S/c1-18-13-19(2)25(29)28(16-18)23(15-27-34(30,31)12-11-32-3)17-33-24-9-7-20(8-10-24)21-5-4-6-22(26)14-21/h4-6,13-14,16,20,23-24,27H,7-12,15,17H2,1-3H3. The Morgan fingerprint density at radius 3 is 2.59 bits per heavy atom. The summed E-state index contributed by atoms with van der Waals surface area (Å²) in [5.74, 6) is -0.0605. The van der Waals surface area contributed by atoms with Gasteiger partial charge in [-0.1, -0.05) is 12.1 Å². The third kappa shape index (κ3) is 7.46. The number of hydrogen-bond acceptors (Lipinski definition) is 5. The molecule has 1 heterocycles. The van der Waals surface area contributed by atoms with Crippen LogP contribution in [0.25, 0.3) is 0 Å². The summed E-state index contributed by atoms with van der Waals surface area (Å²) in [6, 6.07) is 8.10. The predicted molar refractivity (Wildman–Crippen MR) is 130 cm³/mol. The number of aromatic nitrogens is 1. The average Bonchev–Trinajstić information content (AvgIpc) is 2.81. The topological polar surface area (TPSA) is 86.6 Å². The molecule has 2 aromatic rings. The van der Waals surface area contributed by atoms with Gasteiger partial charge in [0.05, 0.1) is 31.1 Å². The van der Waals surface area contributed by atoms with Crippen molar-refractivity contribution in [1.82, 2.24) is 9.29 Å². The van der Waals surface area contributed by atoms with Gasteiger partial charge in [-0.2, -0.15) is 0 Å². The zero-order valence-corrected chi connectivity index (χ0v) is 20.9. The van der Waals surface area contributed by atoms with E-state index in [4.69, 9.17) is 9.47 Å². The summed E-state index contributed by atoms with van der Waals surface area (Å²) < 4.78 is 53.4. The molecule has 0 saturated heterocycles. The molecule has 9 heteroatoms. The van der Waals surface area contributed by atoms with E-state index in [1.165, 1.54) is 13.2 Å². The first-order valence-corrected chi connectivity index (χ1v) is 13.4. The van der Waals surface area contributed by atoms with Gasteiger partial charge in [-0.15, -0.1) is 0 Å². The Labute approximate surface area is 201 Å². The number of sulfonamides is 1. The maximum Gasteiger partial charge on any atom is 0.253 e. The van der Waals surface area contributed by atoms with E-state index in [9.17, 15) is 17.6 Å². The number of benzene rings is 1. The molecule has 1 unspecified atom stereocenters. The number of nitrogens with one attached hydrogen (secondary N) is 1. The van der Waals surface area contributed by atoms with E-state index in [0.717, 1.165) is 36.8 Å². The highest BCUT2D eigenvalue weighted by molar-refractivity contribution is 7.89. The molecule has 1 aliphatic rings. The molecule has 3 rings (SSSR count). The molecule has 34 heavy (non-hydrogen) atoms. The van der Waals surface area contributed by atoms with E-state index in [2.05, 4.69) is 4.72 Å². The largest absolute Gasteiger partial charge is 0.384 e. The Morgan fingerprint density at radius 2 is 1.91 bits per heavy atom. The lowest BCUT2D eigenvalue weighted by atomic mass is 9.83. The van der Waals surface area contributed by atoms with Crippen LogP contribution in [0.3, 0.4) is 0 Å². The minimum absolute atomic E-state index is 0.0130. The molecule has 1 aromatic carbocycles. The van der Waals surface area contributed by atoms with Crippen molar-refractivity contribution in [2.45, 2.75) is 57.6 Å². The smallest absolute Gasteiger partial charge is 0.253 e. The number of ether oxygens (including phenoxy) is 2. The lowest BCUT2D eigenvalue weighted by molar-refractivity contribution is 0.00730. The highest BCUT2D eigenvalue weighted by Gasteiger charge is 2.25. The molecule has 0 bridgehead atoms. The highest BCUT2D eigenvalue weighted by Crippen LogP contribution is 2.34. The molecule has 0 spiro atoms.